The molecule has 5 N–H and O–H groups in total. The Morgan fingerprint density at radius 1 is 1.00 bits per heavy atom. The molecule has 1 saturated heterocycles. The Morgan fingerprint density at radius 2 is 1.78 bits per heavy atom. The number of carbonyl (C=O) groups excluding carboxylic acids is 1. The predicted octanol–water partition coefficient (Wildman–Crippen LogP) is 6.05. The summed E-state index contributed by atoms with van der Waals surface area (Å²) in [6.45, 7) is 8.79. The first-order valence-corrected chi connectivity index (χ1v) is 17.4. The lowest BCUT2D eigenvalue weighted by atomic mass is 9.93. The van der Waals surface area contributed by atoms with Crippen molar-refractivity contribution in [1.82, 2.24) is 25.2 Å². The van der Waals surface area contributed by atoms with Crippen molar-refractivity contribution in [1.29, 1.82) is 0 Å². The van der Waals surface area contributed by atoms with E-state index in [1.54, 1.807) is 24.4 Å². The summed E-state index contributed by atoms with van der Waals surface area (Å²) in [5.41, 5.74) is 5.79. The molecule has 254 valence electrons. The molecule has 11 heteroatoms. The highest BCUT2D eigenvalue weighted by molar-refractivity contribution is 6.32. The number of aromatic nitrogens is 3. The van der Waals surface area contributed by atoms with Crippen LogP contribution in [0.2, 0.25) is 5.02 Å². The number of pyridine rings is 1. The van der Waals surface area contributed by atoms with Crippen molar-refractivity contribution in [2.75, 3.05) is 42.1 Å². The van der Waals surface area contributed by atoms with E-state index in [0.29, 0.717) is 27.9 Å². The molecule has 1 aliphatic heterocycles. The highest BCUT2D eigenvalue weighted by atomic mass is 35.5. The minimum Gasteiger partial charge on any atom is -0.393 e. The van der Waals surface area contributed by atoms with Crippen molar-refractivity contribution >= 4 is 40.6 Å². The zero-order valence-electron chi connectivity index (χ0n) is 28.0. The molecular formula is C38H43ClN8O2. The molecule has 49 heavy (non-hydrogen) atoms. The zero-order chi connectivity index (χ0) is 34.2. The van der Waals surface area contributed by atoms with Crippen LogP contribution in [0.4, 0.5) is 23.1 Å². The van der Waals surface area contributed by atoms with Gasteiger partial charge in [0.25, 0.3) is 0 Å². The topological polar surface area (TPSA) is 127 Å². The summed E-state index contributed by atoms with van der Waals surface area (Å²) in [6, 6.07) is 17.9. The Labute approximate surface area is 293 Å². The van der Waals surface area contributed by atoms with E-state index in [9.17, 15) is 9.90 Å². The minimum absolute atomic E-state index is 0.0675. The molecule has 0 unspecified atom stereocenters. The van der Waals surface area contributed by atoms with Gasteiger partial charge in [0, 0.05) is 79.6 Å². The molecule has 6 rings (SSSR count). The molecule has 10 nitrogen and oxygen atoms in total. The number of anilines is 4. The van der Waals surface area contributed by atoms with Gasteiger partial charge in [-0.15, -0.1) is 0 Å². The van der Waals surface area contributed by atoms with E-state index in [1.165, 1.54) is 5.56 Å². The number of halogens is 1. The van der Waals surface area contributed by atoms with Crippen molar-refractivity contribution in [3.05, 3.63) is 88.8 Å². The number of nitrogens with zero attached hydrogens (tertiary/aromatic N) is 4. The van der Waals surface area contributed by atoms with E-state index in [1.807, 2.05) is 32.2 Å². The number of aliphatic hydroxyl groups excluding tert-OH is 1. The zero-order valence-corrected chi connectivity index (χ0v) is 28.7. The molecule has 1 aliphatic carbocycles. The van der Waals surface area contributed by atoms with E-state index < -0.39 is 0 Å². The molecule has 0 bridgehead atoms. The van der Waals surface area contributed by atoms with Crippen molar-refractivity contribution in [2.45, 2.75) is 58.2 Å². The fourth-order valence-corrected chi connectivity index (χ4v) is 6.14. The number of hydrogen-bond acceptors (Lipinski definition) is 9. The number of hydrogen-bond donors (Lipinski definition) is 5. The Morgan fingerprint density at radius 3 is 2.51 bits per heavy atom. The quantitative estimate of drug-likeness (QED) is 0.135. The summed E-state index contributed by atoms with van der Waals surface area (Å²) >= 11 is 6.65. The lowest BCUT2D eigenvalue weighted by Crippen LogP contribution is -2.42. The van der Waals surface area contributed by atoms with Gasteiger partial charge in [-0.3, -0.25) is 9.69 Å². The van der Waals surface area contributed by atoms with Crippen LogP contribution in [-0.4, -0.2) is 69.2 Å². The molecule has 0 atom stereocenters. The van der Waals surface area contributed by atoms with Gasteiger partial charge < -0.3 is 26.4 Å². The maximum Gasteiger partial charge on any atom is 0.229 e. The number of amides is 1. The summed E-state index contributed by atoms with van der Waals surface area (Å²) in [6.07, 6.45) is 6.53. The van der Waals surface area contributed by atoms with Gasteiger partial charge in [0.15, 0.2) is 0 Å². The normalized spacial score (nSPS) is 18.0. The van der Waals surface area contributed by atoms with Gasteiger partial charge in [-0.1, -0.05) is 55.6 Å². The van der Waals surface area contributed by atoms with Crippen molar-refractivity contribution in [3.8, 4) is 23.0 Å². The number of rotatable bonds is 9. The van der Waals surface area contributed by atoms with Crippen LogP contribution in [0.1, 0.15) is 56.4 Å². The van der Waals surface area contributed by atoms with Gasteiger partial charge in [0.1, 0.15) is 11.5 Å². The maximum absolute atomic E-state index is 12.1. The Kier molecular flexibility index (Phi) is 11.4. The summed E-state index contributed by atoms with van der Waals surface area (Å²) in [5, 5.41) is 23.8. The van der Waals surface area contributed by atoms with E-state index in [0.717, 1.165) is 81.0 Å². The summed E-state index contributed by atoms with van der Waals surface area (Å²) in [5.74, 6) is 7.12. The van der Waals surface area contributed by atoms with Crippen LogP contribution in [0, 0.1) is 17.8 Å². The minimum atomic E-state index is -0.236. The molecule has 2 aromatic heterocycles. The third-order valence-corrected chi connectivity index (χ3v) is 9.12. The first-order chi connectivity index (χ1) is 23.8. The number of nitrogens with one attached hydrogen (secondary N) is 4. The monoisotopic (exact) mass is 678 g/mol. The smallest absolute Gasteiger partial charge is 0.229 e. The average Bonchev–Trinajstić information content (AvgIpc) is 3.10. The number of benzene rings is 2. The highest BCUT2D eigenvalue weighted by Gasteiger charge is 2.21. The first-order valence-electron chi connectivity index (χ1n) is 17.0. The van der Waals surface area contributed by atoms with Crippen LogP contribution < -0.4 is 21.3 Å². The lowest BCUT2D eigenvalue weighted by Gasteiger charge is -2.28. The third kappa shape index (κ3) is 9.55. The maximum atomic E-state index is 12.1. The van der Waals surface area contributed by atoms with Crippen LogP contribution in [0.3, 0.4) is 0 Å². The Bertz CT molecular complexity index is 1810. The second-order valence-corrected chi connectivity index (χ2v) is 13.4. The van der Waals surface area contributed by atoms with Gasteiger partial charge in [-0.2, -0.15) is 4.98 Å². The molecule has 3 heterocycles. The largest absolute Gasteiger partial charge is 0.393 e. The molecule has 2 aliphatic rings. The third-order valence-electron chi connectivity index (χ3n) is 8.81. The second kappa shape index (κ2) is 16.2. The Hall–Kier alpha value is -4.53. The van der Waals surface area contributed by atoms with E-state index >= 15 is 0 Å². The fourth-order valence-electron chi connectivity index (χ4n) is 5.91. The molecule has 0 spiro atoms. The van der Waals surface area contributed by atoms with E-state index in [-0.39, 0.29) is 24.0 Å². The summed E-state index contributed by atoms with van der Waals surface area (Å²) in [4.78, 5) is 28.4. The van der Waals surface area contributed by atoms with Gasteiger partial charge >= 0.3 is 0 Å². The van der Waals surface area contributed by atoms with Crippen LogP contribution in [-0.2, 0) is 11.3 Å². The average molecular weight is 679 g/mol. The van der Waals surface area contributed by atoms with Crippen LogP contribution in [0.5, 0.6) is 0 Å². The molecule has 2 fully saturated rings. The van der Waals surface area contributed by atoms with Crippen LogP contribution in [0.15, 0.2) is 67.0 Å². The van der Waals surface area contributed by atoms with Gasteiger partial charge in [-0.25, -0.2) is 9.97 Å². The Balaban J connectivity index is 1.18. The van der Waals surface area contributed by atoms with Crippen LogP contribution >= 0.6 is 11.6 Å². The van der Waals surface area contributed by atoms with Gasteiger partial charge in [0.2, 0.25) is 11.9 Å². The van der Waals surface area contributed by atoms with Crippen LogP contribution in [0.25, 0.3) is 11.1 Å². The SMILES string of the molecule is CC(C)C(=O)Nc1ccnc(C#Cc2ccc(Nc3ncc(-c4ccc(CN5CCNCC5)cc4)c(NC4CCC(O)CC4)n3)cc2Cl)c1. The number of carbonyl (C=O) groups is 1. The molecular weight excluding hydrogens is 636 g/mol. The second-order valence-electron chi connectivity index (χ2n) is 13.0. The van der Waals surface area contributed by atoms with Crippen molar-refractivity contribution in [3.63, 3.8) is 0 Å². The number of piperazine rings is 1. The van der Waals surface area contributed by atoms with Gasteiger partial charge in [0.05, 0.1) is 11.1 Å². The summed E-state index contributed by atoms with van der Waals surface area (Å²) < 4.78 is 0. The van der Waals surface area contributed by atoms with Crippen molar-refractivity contribution < 1.29 is 9.90 Å². The molecule has 4 aromatic rings. The lowest BCUT2D eigenvalue weighted by molar-refractivity contribution is -0.118. The van der Waals surface area contributed by atoms with E-state index in [4.69, 9.17) is 16.6 Å². The summed E-state index contributed by atoms with van der Waals surface area (Å²) in [7, 11) is 0. The predicted molar refractivity (Wildman–Crippen MR) is 196 cm³/mol. The number of aliphatic hydroxyl groups is 1. The van der Waals surface area contributed by atoms with Gasteiger partial charge in [-0.05, 0) is 73.1 Å². The molecule has 0 radical (unpaired) electrons. The molecule has 1 saturated carbocycles. The van der Waals surface area contributed by atoms with E-state index in [2.05, 4.69) is 72.2 Å². The van der Waals surface area contributed by atoms with Crippen molar-refractivity contribution in [2.24, 2.45) is 5.92 Å². The molecule has 1 amide bonds. The first kappa shape index (κ1) is 34.3. The molecule has 2 aromatic carbocycles. The standard InChI is InChI=1S/C38H43ClN8O2/c1-25(2)37(49)44-32-15-16-41-30(21-32)9-7-28-8-10-31(22-35(28)39)45-38-42-23-34(36(46-38)43-29-11-13-33(48)14-12-29)27-5-3-26(4-6-27)24-47-19-17-40-18-20-47/h3-6,8,10,15-16,21-23,25,29,33,40,48H,11-14,17-20,24H2,1-2H3,(H,41,44,49)(H2,42,43,45,46). The highest BCUT2D eigenvalue weighted by Crippen LogP contribution is 2.31. The fraction of sp³-hybridized carbons (Fsp3) is 0.368.